The Morgan fingerprint density at radius 2 is 1.39 bits per heavy atom. The molecule has 4 heteroatoms. The normalized spacial score (nSPS) is 25.7. The Hall–Kier alpha value is -2.37. The second-order valence-electron chi connectivity index (χ2n) is 8.70. The minimum absolute atomic E-state index is 0.00435. The Bertz CT molecular complexity index is 1050. The molecular weight excluding hydrogens is 428 g/mol. The quantitative estimate of drug-likeness (QED) is 0.348. The predicted octanol–water partition coefficient (Wildman–Crippen LogP) is 6.78. The van der Waals surface area contributed by atoms with Crippen molar-refractivity contribution in [3.05, 3.63) is 113 Å². The van der Waals surface area contributed by atoms with Crippen LogP contribution in [0.1, 0.15) is 30.9 Å². The van der Waals surface area contributed by atoms with E-state index in [-0.39, 0.29) is 24.4 Å². The molecule has 5 rings (SSSR count). The minimum Gasteiger partial charge on any atom is -0.371 e. The van der Waals surface area contributed by atoms with E-state index in [1.165, 1.54) is 26.5 Å². The first kappa shape index (κ1) is 22.4. The van der Waals surface area contributed by atoms with E-state index in [9.17, 15) is 0 Å². The van der Waals surface area contributed by atoms with E-state index in [2.05, 4.69) is 85.8 Å². The largest absolute Gasteiger partial charge is 0.371 e. The molecule has 0 amide bonds. The molecule has 0 N–H and O–H groups in total. The van der Waals surface area contributed by atoms with Crippen LogP contribution in [0.3, 0.4) is 0 Å². The number of hydrogen-bond donors (Lipinski definition) is 0. The van der Waals surface area contributed by atoms with Crippen LogP contribution in [0.2, 0.25) is 0 Å². The van der Waals surface area contributed by atoms with Crippen LogP contribution in [0.4, 0.5) is 0 Å². The SMILES string of the molecule is C/C(Sc1ccccc1)=C1/C[C@H]2O[C@@H]1C[C@@H](OCc1ccccc1)[C@H]2OCc1ccccc1. The molecule has 170 valence electrons. The average molecular weight is 459 g/mol. The van der Waals surface area contributed by atoms with Gasteiger partial charge < -0.3 is 14.2 Å². The van der Waals surface area contributed by atoms with Crippen LogP contribution in [0.15, 0.2) is 106 Å². The molecule has 3 aromatic rings. The highest BCUT2D eigenvalue weighted by Gasteiger charge is 2.47. The van der Waals surface area contributed by atoms with Gasteiger partial charge in [-0.05, 0) is 40.7 Å². The Labute approximate surface area is 200 Å². The summed E-state index contributed by atoms with van der Waals surface area (Å²) in [7, 11) is 0. The lowest BCUT2D eigenvalue weighted by atomic mass is 10.0. The first-order valence-corrected chi connectivity index (χ1v) is 12.5. The fourth-order valence-corrected chi connectivity index (χ4v) is 5.68. The van der Waals surface area contributed by atoms with Gasteiger partial charge in [0.05, 0.1) is 31.5 Å². The van der Waals surface area contributed by atoms with Crippen molar-refractivity contribution in [3.8, 4) is 0 Å². The predicted molar refractivity (Wildman–Crippen MR) is 133 cm³/mol. The maximum absolute atomic E-state index is 6.48. The summed E-state index contributed by atoms with van der Waals surface area (Å²) in [6.45, 7) is 3.38. The Morgan fingerprint density at radius 1 is 0.818 bits per heavy atom. The van der Waals surface area contributed by atoms with Gasteiger partial charge in [0.25, 0.3) is 0 Å². The molecule has 2 aliphatic rings. The summed E-state index contributed by atoms with van der Waals surface area (Å²) >= 11 is 1.83. The molecule has 2 heterocycles. The first-order valence-electron chi connectivity index (χ1n) is 11.7. The molecule has 0 saturated carbocycles. The summed E-state index contributed by atoms with van der Waals surface area (Å²) in [4.78, 5) is 2.59. The van der Waals surface area contributed by atoms with Crippen LogP contribution in [-0.2, 0) is 27.4 Å². The molecular formula is C29H30O3S. The van der Waals surface area contributed by atoms with Crippen molar-refractivity contribution >= 4 is 11.8 Å². The Balaban J connectivity index is 1.33. The van der Waals surface area contributed by atoms with E-state index in [1.807, 2.05) is 23.9 Å². The maximum Gasteiger partial charge on any atom is 0.111 e. The number of fused-ring (bicyclic) bond motifs is 2. The molecule has 0 aromatic heterocycles. The zero-order valence-electron chi connectivity index (χ0n) is 18.9. The van der Waals surface area contributed by atoms with Crippen molar-refractivity contribution in [2.75, 3.05) is 0 Å². The number of rotatable bonds is 8. The van der Waals surface area contributed by atoms with Crippen molar-refractivity contribution in [2.45, 2.75) is 62.3 Å². The van der Waals surface area contributed by atoms with Gasteiger partial charge in [0.1, 0.15) is 6.10 Å². The summed E-state index contributed by atoms with van der Waals surface area (Å²) < 4.78 is 19.4. The van der Waals surface area contributed by atoms with Crippen molar-refractivity contribution < 1.29 is 14.2 Å². The molecule has 2 bridgehead atoms. The highest BCUT2D eigenvalue weighted by Crippen LogP contribution is 2.44. The van der Waals surface area contributed by atoms with Crippen molar-refractivity contribution in [3.63, 3.8) is 0 Å². The summed E-state index contributed by atoms with van der Waals surface area (Å²) in [5.41, 5.74) is 3.75. The summed E-state index contributed by atoms with van der Waals surface area (Å²) in [6.07, 6.45) is 1.77. The topological polar surface area (TPSA) is 27.7 Å². The lowest BCUT2D eigenvalue weighted by Crippen LogP contribution is -2.46. The van der Waals surface area contributed by atoms with Gasteiger partial charge in [0.15, 0.2) is 0 Å². The molecule has 0 unspecified atom stereocenters. The fourth-order valence-electron chi connectivity index (χ4n) is 4.69. The highest BCUT2D eigenvalue weighted by molar-refractivity contribution is 8.03. The number of thioether (sulfide) groups is 1. The first-order chi connectivity index (χ1) is 16.3. The van der Waals surface area contributed by atoms with Gasteiger partial charge in [-0.25, -0.2) is 0 Å². The second-order valence-corrected chi connectivity index (χ2v) is 9.98. The molecule has 33 heavy (non-hydrogen) atoms. The standard InChI is InChI=1S/C29H30O3S/c1-21(33-24-15-9-4-10-16-24)25-17-28-29(31-20-23-13-7-3-8-14-23)27(18-26(25)32-28)30-19-22-11-5-2-6-12-22/h2-16,26-29H,17-20H2,1H3/b25-21+/t26-,27-,28-,29-/m1/s1. The average Bonchev–Trinajstić information content (AvgIpc) is 3.22. The van der Waals surface area contributed by atoms with Crippen LogP contribution in [0.5, 0.6) is 0 Å². The number of hydrogen-bond acceptors (Lipinski definition) is 4. The van der Waals surface area contributed by atoms with Gasteiger partial charge in [-0.2, -0.15) is 0 Å². The number of ether oxygens (including phenoxy) is 3. The van der Waals surface area contributed by atoms with E-state index in [1.54, 1.807) is 0 Å². The summed E-state index contributed by atoms with van der Waals surface area (Å²) in [6, 6.07) is 31.3. The van der Waals surface area contributed by atoms with Gasteiger partial charge in [-0.1, -0.05) is 90.6 Å². The van der Waals surface area contributed by atoms with Gasteiger partial charge in [-0.15, -0.1) is 0 Å². The second kappa shape index (κ2) is 10.7. The van der Waals surface area contributed by atoms with Gasteiger partial charge in [0, 0.05) is 17.7 Å². The lowest BCUT2D eigenvalue weighted by molar-refractivity contribution is -0.182. The zero-order valence-corrected chi connectivity index (χ0v) is 19.7. The summed E-state index contributed by atoms with van der Waals surface area (Å²) in [5.74, 6) is 0. The molecule has 0 radical (unpaired) electrons. The van der Waals surface area contributed by atoms with Gasteiger partial charge in [-0.3, -0.25) is 0 Å². The van der Waals surface area contributed by atoms with Crippen LogP contribution in [0.25, 0.3) is 0 Å². The molecule has 3 nitrogen and oxygen atoms in total. The van der Waals surface area contributed by atoms with E-state index in [0.29, 0.717) is 13.2 Å². The Morgan fingerprint density at radius 3 is 2.03 bits per heavy atom. The number of allylic oxidation sites excluding steroid dienone is 1. The molecule has 2 fully saturated rings. The summed E-state index contributed by atoms with van der Waals surface area (Å²) in [5, 5.41) is 0. The van der Waals surface area contributed by atoms with E-state index in [0.717, 1.165) is 12.8 Å². The minimum atomic E-state index is -0.0859. The van der Waals surface area contributed by atoms with Crippen molar-refractivity contribution in [1.82, 2.24) is 0 Å². The maximum atomic E-state index is 6.48. The van der Waals surface area contributed by atoms with Crippen LogP contribution >= 0.6 is 11.8 Å². The van der Waals surface area contributed by atoms with Gasteiger partial charge >= 0.3 is 0 Å². The molecule has 0 spiro atoms. The lowest BCUT2D eigenvalue weighted by Gasteiger charge is -2.36. The zero-order chi connectivity index (χ0) is 22.5. The van der Waals surface area contributed by atoms with Crippen molar-refractivity contribution in [1.29, 1.82) is 0 Å². The smallest absolute Gasteiger partial charge is 0.111 e. The molecule has 2 aliphatic heterocycles. The molecule has 3 aromatic carbocycles. The number of benzene rings is 3. The molecule has 0 aliphatic carbocycles. The van der Waals surface area contributed by atoms with Crippen molar-refractivity contribution in [2.24, 2.45) is 0 Å². The monoisotopic (exact) mass is 458 g/mol. The third-order valence-corrected chi connectivity index (χ3v) is 7.46. The van der Waals surface area contributed by atoms with E-state index < -0.39 is 0 Å². The molecule has 2 saturated heterocycles. The van der Waals surface area contributed by atoms with Crippen LogP contribution < -0.4 is 0 Å². The van der Waals surface area contributed by atoms with Crippen LogP contribution in [-0.4, -0.2) is 24.4 Å². The third kappa shape index (κ3) is 5.59. The highest BCUT2D eigenvalue weighted by atomic mass is 32.2. The van der Waals surface area contributed by atoms with E-state index in [4.69, 9.17) is 14.2 Å². The third-order valence-electron chi connectivity index (χ3n) is 6.39. The fraction of sp³-hybridized carbons (Fsp3) is 0.310. The van der Waals surface area contributed by atoms with E-state index >= 15 is 0 Å². The van der Waals surface area contributed by atoms with Gasteiger partial charge in [0.2, 0.25) is 0 Å². The molecule has 4 atom stereocenters. The van der Waals surface area contributed by atoms with Crippen LogP contribution in [0, 0.1) is 0 Å². The Kier molecular flexibility index (Phi) is 7.27.